The number of piperazine rings is 1. The van der Waals surface area contributed by atoms with Gasteiger partial charge in [-0.2, -0.15) is 0 Å². The first-order valence-electron chi connectivity index (χ1n) is 12.2. The van der Waals surface area contributed by atoms with E-state index in [0.29, 0.717) is 11.1 Å². The van der Waals surface area contributed by atoms with Crippen LogP contribution in [0.2, 0.25) is 0 Å². The van der Waals surface area contributed by atoms with Gasteiger partial charge in [0.15, 0.2) is 0 Å². The van der Waals surface area contributed by atoms with Crippen LogP contribution in [0.3, 0.4) is 0 Å². The molecule has 6 rings (SSSR count). The highest BCUT2D eigenvalue weighted by molar-refractivity contribution is 5.69. The number of nitrogens with one attached hydrogen (secondary N) is 2. The lowest BCUT2D eigenvalue weighted by atomic mass is 9.48. The minimum Gasteiger partial charge on any atom is -0.391 e. The lowest BCUT2D eigenvalue weighted by Crippen LogP contribution is -3.15. The highest BCUT2D eigenvalue weighted by atomic mass is 16.6. The van der Waals surface area contributed by atoms with Gasteiger partial charge in [-0.15, -0.1) is 0 Å². The Morgan fingerprint density at radius 2 is 1.81 bits per heavy atom. The van der Waals surface area contributed by atoms with Crippen molar-refractivity contribution in [2.75, 3.05) is 49.5 Å². The van der Waals surface area contributed by atoms with Gasteiger partial charge in [0.1, 0.15) is 12.2 Å². The molecular weight excluding hydrogens is 392 g/mol. The first kappa shape index (κ1) is 21.0. The summed E-state index contributed by atoms with van der Waals surface area (Å²) in [5.74, 6) is 2.61. The van der Waals surface area contributed by atoms with Gasteiger partial charge in [-0.25, -0.2) is 0 Å². The number of rotatable bonds is 7. The Morgan fingerprint density at radius 1 is 1.19 bits per heavy atom. The molecule has 0 radical (unpaired) electrons. The van der Waals surface area contributed by atoms with E-state index in [1.807, 2.05) is 12.1 Å². The summed E-state index contributed by atoms with van der Waals surface area (Å²) in [6.07, 6.45) is 8.09. The second kappa shape index (κ2) is 8.24. The molecule has 0 unspecified atom stereocenters. The lowest BCUT2D eigenvalue weighted by molar-refractivity contribution is -0.900. The Bertz CT molecular complexity index is 786. The van der Waals surface area contributed by atoms with Gasteiger partial charge in [-0.05, 0) is 80.8 Å². The van der Waals surface area contributed by atoms with Crippen LogP contribution in [0, 0.1) is 33.3 Å². The number of aliphatic hydroxyl groups is 1. The zero-order valence-corrected chi connectivity index (χ0v) is 18.7. The summed E-state index contributed by atoms with van der Waals surface area (Å²) in [6.45, 7) is 7.09. The largest absolute Gasteiger partial charge is 0.391 e. The van der Waals surface area contributed by atoms with Crippen LogP contribution in [0.4, 0.5) is 17.1 Å². The Labute approximate surface area is 184 Å². The van der Waals surface area contributed by atoms with Crippen molar-refractivity contribution in [2.45, 2.75) is 51.5 Å². The molecule has 31 heavy (non-hydrogen) atoms. The summed E-state index contributed by atoms with van der Waals surface area (Å²) in [4.78, 5) is 15.3. The highest BCUT2D eigenvalue weighted by Gasteiger charge is 2.53. The van der Waals surface area contributed by atoms with Crippen molar-refractivity contribution >= 4 is 17.1 Å². The fourth-order valence-corrected chi connectivity index (χ4v) is 7.58. The maximum atomic E-state index is 11.8. The number of nitro benzene ring substituents is 1. The molecule has 4 bridgehead atoms. The monoisotopic (exact) mass is 429 g/mol. The third kappa shape index (κ3) is 4.02. The van der Waals surface area contributed by atoms with E-state index in [4.69, 9.17) is 0 Å². The molecule has 3 N–H and O–H groups in total. The quantitative estimate of drug-likeness (QED) is 0.458. The Morgan fingerprint density at radius 3 is 2.35 bits per heavy atom. The summed E-state index contributed by atoms with van der Waals surface area (Å²) in [7, 11) is 0. The minimum atomic E-state index is -0.248. The second-order valence-corrected chi connectivity index (χ2v) is 10.8. The fourth-order valence-electron chi connectivity index (χ4n) is 7.58. The second-order valence-electron chi connectivity index (χ2n) is 10.8. The van der Waals surface area contributed by atoms with Crippen molar-refractivity contribution < 1.29 is 14.9 Å². The number of anilines is 2. The van der Waals surface area contributed by atoms with Gasteiger partial charge < -0.3 is 20.2 Å². The minimum absolute atomic E-state index is 0.185. The Kier molecular flexibility index (Phi) is 5.59. The van der Waals surface area contributed by atoms with Gasteiger partial charge in [-0.1, -0.05) is 0 Å². The molecule has 1 heterocycles. The summed E-state index contributed by atoms with van der Waals surface area (Å²) in [5.41, 5.74) is 2.23. The number of nitrogens with zero attached hydrogens (tertiary/aromatic N) is 2. The number of quaternary nitrogens is 1. The maximum Gasteiger partial charge on any atom is 0.292 e. The van der Waals surface area contributed by atoms with E-state index in [0.717, 1.165) is 56.2 Å². The lowest BCUT2D eigenvalue weighted by Gasteiger charge is -2.59. The summed E-state index contributed by atoms with van der Waals surface area (Å²) in [5, 5.41) is 24.6. The van der Waals surface area contributed by atoms with Crippen molar-refractivity contribution in [1.29, 1.82) is 0 Å². The molecule has 5 fully saturated rings. The molecule has 7 heteroatoms. The average molecular weight is 430 g/mol. The average Bonchev–Trinajstić information content (AvgIpc) is 2.73. The van der Waals surface area contributed by atoms with Gasteiger partial charge in [0, 0.05) is 17.8 Å². The Hall–Kier alpha value is -1.86. The normalized spacial score (nSPS) is 33.5. The molecule has 170 valence electrons. The molecule has 1 atom stereocenters. The van der Waals surface area contributed by atoms with Gasteiger partial charge in [0.25, 0.3) is 5.69 Å². The molecule has 1 saturated heterocycles. The summed E-state index contributed by atoms with van der Waals surface area (Å²) >= 11 is 0. The van der Waals surface area contributed by atoms with Crippen LogP contribution in [0.25, 0.3) is 0 Å². The van der Waals surface area contributed by atoms with Crippen LogP contribution >= 0.6 is 0 Å². The predicted octanol–water partition coefficient (Wildman–Crippen LogP) is 2.31. The topological polar surface area (TPSA) is 83.1 Å². The molecule has 7 nitrogen and oxygen atoms in total. The summed E-state index contributed by atoms with van der Waals surface area (Å²) in [6, 6.07) is 5.83. The zero-order chi connectivity index (χ0) is 21.6. The molecule has 1 aromatic carbocycles. The van der Waals surface area contributed by atoms with Crippen molar-refractivity contribution in [3.05, 3.63) is 28.3 Å². The maximum absolute atomic E-state index is 11.8. The van der Waals surface area contributed by atoms with Crippen molar-refractivity contribution in [2.24, 2.45) is 23.2 Å². The Balaban J connectivity index is 1.34. The van der Waals surface area contributed by atoms with Gasteiger partial charge in [0.2, 0.25) is 0 Å². The van der Waals surface area contributed by atoms with Crippen LogP contribution in [-0.2, 0) is 0 Å². The van der Waals surface area contributed by atoms with Crippen LogP contribution in [0.15, 0.2) is 18.2 Å². The first-order valence-corrected chi connectivity index (χ1v) is 12.2. The van der Waals surface area contributed by atoms with Crippen LogP contribution in [-0.4, -0.2) is 55.4 Å². The van der Waals surface area contributed by atoms with Crippen molar-refractivity contribution in [3.8, 4) is 0 Å². The number of aliphatic hydroxyl groups excluding tert-OH is 1. The van der Waals surface area contributed by atoms with Crippen molar-refractivity contribution in [3.63, 3.8) is 0 Å². The molecule has 0 aromatic heterocycles. The standard InChI is InChI=1S/C24H36N4O3/c1-17(24-14-18-10-19(15-24)12-20(11-18)16-24)25-22-13-21(2-3-23(22)28(30)31)27-6-4-26(5-7-27)8-9-29/h2-3,13,17-20,25,29H,4-12,14-16H2,1H3/p+1/t17-,18?,19?,20?,24?/m0/s1. The molecular formula is C24H37N4O3+. The molecule has 4 saturated carbocycles. The van der Waals surface area contributed by atoms with Crippen LogP contribution < -0.4 is 15.1 Å². The van der Waals surface area contributed by atoms with E-state index in [-0.39, 0.29) is 23.3 Å². The fraction of sp³-hybridized carbons (Fsp3) is 0.750. The summed E-state index contributed by atoms with van der Waals surface area (Å²) < 4.78 is 0. The SMILES string of the molecule is C[C@H](Nc1cc(N2CC[NH+](CCO)CC2)ccc1[N+](=O)[O-])C12CC3CC(CC(C3)C1)C2. The molecule has 4 aliphatic carbocycles. The predicted molar refractivity (Wildman–Crippen MR) is 122 cm³/mol. The number of hydrogen-bond donors (Lipinski definition) is 3. The number of nitro groups is 1. The molecule has 1 aromatic rings. The van der Waals surface area contributed by atoms with Gasteiger partial charge >= 0.3 is 0 Å². The van der Waals surface area contributed by atoms with E-state index in [1.165, 1.54) is 43.4 Å². The van der Waals surface area contributed by atoms with Crippen LogP contribution in [0.5, 0.6) is 0 Å². The number of hydrogen-bond acceptors (Lipinski definition) is 5. The third-order valence-corrected chi connectivity index (χ3v) is 8.85. The van der Waals surface area contributed by atoms with E-state index in [2.05, 4.69) is 17.1 Å². The molecule has 0 amide bonds. The molecule has 1 aliphatic heterocycles. The van der Waals surface area contributed by atoms with Gasteiger partial charge in [0.05, 0.1) is 37.7 Å². The van der Waals surface area contributed by atoms with E-state index >= 15 is 0 Å². The van der Waals surface area contributed by atoms with E-state index in [9.17, 15) is 15.2 Å². The smallest absolute Gasteiger partial charge is 0.292 e. The third-order valence-electron chi connectivity index (χ3n) is 8.85. The van der Waals surface area contributed by atoms with Gasteiger partial charge in [-0.3, -0.25) is 10.1 Å². The first-order chi connectivity index (χ1) is 15.0. The molecule has 0 spiro atoms. The van der Waals surface area contributed by atoms with E-state index in [1.54, 1.807) is 6.07 Å². The van der Waals surface area contributed by atoms with E-state index < -0.39 is 0 Å². The number of benzene rings is 1. The van der Waals surface area contributed by atoms with Crippen molar-refractivity contribution in [1.82, 2.24) is 0 Å². The zero-order valence-electron chi connectivity index (χ0n) is 18.7. The highest BCUT2D eigenvalue weighted by Crippen LogP contribution is 2.61. The molecule has 5 aliphatic rings. The van der Waals surface area contributed by atoms with Crippen LogP contribution in [0.1, 0.15) is 45.4 Å².